The third kappa shape index (κ3) is 3.97. The minimum atomic E-state index is 0.512. The lowest BCUT2D eigenvalue weighted by atomic mass is 10.1. The first-order chi connectivity index (χ1) is 11.2. The van der Waals surface area contributed by atoms with E-state index >= 15 is 0 Å². The smallest absolute Gasteiger partial charge is 0.248 e. The normalized spacial score (nSPS) is 10.9. The number of nitrogens with zero attached hydrogens (tertiary/aromatic N) is 2. The van der Waals surface area contributed by atoms with Crippen LogP contribution in [0.1, 0.15) is 20.3 Å². The molecule has 0 bridgehead atoms. The van der Waals surface area contributed by atoms with Crippen LogP contribution in [0.25, 0.3) is 22.9 Å². The fraction of sp³-hybridized carbons (Fsp3) is 0.263. The van der Waals surface area contributed by atoms with E-state index in [1.54, 1.807) is 0 Å². The van der Waals surface area contributed by atoms with Crippen molar-refractivity contribution in [2.24, 2.45) is 5.92 Å². The van der Waals surface area contributed by atoms with Crippen LogP contribution in [0, 0.1) is 5.92 Å². The van der Waals surface area contributed by atoms with Gasteiger partial charge in [-0.3, -0.25) is 0 Å². The standard InChI is InChI=1S/C19H20N2O2/c1-14(2)12-13-22-17-10-8-16(9-11-17)19-21-20-18(23-19)15-6-4-3-5-7-15/h3-11,14H,12-13H2,1-2H3. The zero-order chi connectivity index (χ0) is 16.1. The van der Waals surface area contributed by atoms with Crippen molar-refractivity contribution in [3.05, 3.63) is 54.6 Å². The second kappa shape index (κ2) is 7.09. The van der Waals surface area contributed by atoms with Crippen LogP contribution in [0.3, 0.4) is 0 Å². The molecule has 0 aliphatic carbocycles. The number of hydrogen-bond acceptors (Lipinski definition) is 4. The van der Waals surface area contributed by atoms with Crippen molar-refractivity contribution >= 4 is 0 Å². The van der Waals surface area contributed by atoms with Crippen LogP contribution < -0.4 is 4.74 Å². The van der Waals surface area contributed by atoms with Crippen LogP contribution in [-0.2, 0) is 0 Å². The molecule has 4 heteroatoms. The Morgan fingerprint density at radius 2 is 1.48 bits per heavy atom. The highest BCUT2D eigenvalue weighted by molar-refractivity contribution is 5.58. The molecule has 0 unspecified atom stereocenters. The van der Waals surface area contributed by atoms with E-state index in [0.717, 1.165) is 29.9 Å². The SMILES string of the molecule is CC(C)CCOc1ccc(-c2nnc(-c3ccccc3)o2)cc1. The number of benzene rings is 2. The monoisotopic (exact) mass is 308 g/mol. The number of hydrogen-bond donors (Lipinski definition) is 0. The quantitative estimate of drug-likeness (QED) is 0.654. The third-order valence-electron chi connectivity index (χ3n) is 3.51. The van der Waals surface area contributed by atoms with Gasteiger partial charge in [-0.2, -0.15) is 0 Å². The maximum absolute atomic E-state index is 5.75. The van der Waals surface area contributed by atoms with Gasteiger partial charge in [0.1, 0.15) is 5.75 Å². The molecule has 0 spiro atoms. The van der Waals surface area contributed by atoms with Crippen LogP contribution in [0.15, 0.2) is 59.0 Å². The molecule has 118 valence electrons. The summed E-state index contributed by atoms with van der Waals surface area (Å²) in [5, 5.41) is 8.23. The molecule has 0 saturated carbocycles. The van der Waals surface area contributed by atoms with Crippen LogP contribution in [-0.4, -0.2) is 16.8 Å². The molecule has 1 aromatic heterocycles. The molecule has 0 aliphatic rings. The fourth-order valence-corrected chi connectivity index (χ4v) is 2.14. The predicted octanol–water partition coefficient (Wildman–Crippen LogP) is 4.83. The van der Waals surface area contributed by atoms with Crippen molar-refractivity contribution in [1.82, 2.24) is 10.2 Å². The topological polar surface area (TPSA) is 48.2 Å². The van der Waals surface area contributed by atoms with Gasteiger partial charge in [0, 0.05) is 11.1 Å². The van der Waals surface area contributed by atoms with Crippen molar-refractivity contribution in [2.75, 3.05) is 6.61 Å². The largest absolute Gasteiger partial charge is 0.494 e. The van der Waals surface area contributed by atoms with Gasteiger partial charge < -0.3 is 9.15 Å². The zero-order valence-corrected chi connectivity index (χ0v) is 13.4. The van der Waals surface area contributed by atoms with E-state index in [1.165, 1.54) is 0 Å². The molecular formula is C19H20N2O2. The van der Waals surface area contributed by atoms with Crippen LogP contribution >= 0.6 is 0 Å². The van der Waals surface area contributed by atoms with Gasteiger partial charge in [0.05, 0.1) is 6.61 Å². The number of aromatic nitrogens is 2. The molecule has 0 atom stereocenters. The van der Waals surface area contributed by atoms with Crippen LogP contribution in [0.5, 0.6) is 5.75 Å². The Labute approximate surface area is 136 Å². The maximum atomic E-state index is 5.75. The highest BCUT2D eigenvalue weighted by Gasteiger charge is 2.10. The van der Waals surface area contributed by atoms with Gasteiger partial charge >= 0.3 is 0 Å². The van der Waals surface area contributed by atoms with E-state index in [1.807, 2.05) is 54.6 Å². The summed E-state index contributed by atoms with van der Waals surface area (Å²) in [7, 11) is 0. The van der Waals surface area contributed by atoms with Gasteiger partial charge in [0.15, 0.2) is 0 Å². The van der Waals surface area contributed by atoms with Crippen LogP contribution in [0.2, 0.25) is 0 Å². The Morgan fingerprint density at radius 3 is 2.09 bits per heavy atom. The summed E-state index contributed by atoms with van der Waals surface area (Å²) in [5.41, 5.74) is 1.80. The first-order valence-corrected chi connectivity index (χ1v) is 7.84. The first-order valence-electron chi connectivity index (χ1n) is 7.84. The molecule has 0 N–H and O–H groups in total. The summed E-state index contributed by atoms with van der Waals surface area (Å²) in [6, 6.07) is 17.5. The van der Waals surface area contributed by atoms with E-state index in [-0.39, 0.29) is 0 Å². The summed E-state index contributed by atoms with van der Waals surface area (Å²) in [6.45, 7) is 5.11. The molecule has 3 rings (SSSR count). The number of rotatable bonds is 6. The lowest BCUT2D eigenvalue weighted by Gasteiger charge is -2.08. The molecule has 3 aromatic rings. The Morgan fingerprint density at radius 1 is 0.870 bits per heavy atom. The lowest BCUT2D eigenvalue weighted by Crippen LogP contribution is -2.01. The Hall–Kier alpha value is -2.62. The van der Waals surface area contributed by atoms with Crippen LogP contribution in [0.4, 0.5) is 0 Å². The summed E-state index contributed by atoms with van der Waals surface area (Å²) >= 11 is 0. The lowest BCUT2D eigenvalue weighted by molar-refractivity contribution is 0.289. The Kier molecular flexibility index (Phi) is 4.71. The van der Waals surface area contributed by atoms with Crippen molar-refractivity contribution in [2.45, 2.75) is 20.3 Å². The average molecular weight is 308 g/mol. The Bertz CT molecular complexity index is 734. The van der Waals surface area contributed by atoms with Gasteiger partial charge in [0.2, 0.25) is 11.8 Å². The summed E-state index contributed by atoms with van der Waals surface area (Å²) < 4.78 is 11.5. The summed E-state index contributed by atoms with van der Waals surface area (Å²) in [4.78, 5) is 0. The molecular weight excluding hydrogens is 288 g/mol. The van der Waals surface area contributed by atoms with Gasteiger partial charge in [-0.25, -0.2) is 0 Å². The van der Waals surface area contributed by atoms with E-state index in [4.69, 9.17) is 9.15 Å². The molecule has 0 saturated heterocycles. The molecule has 0 fully saturated rings. The highest BCUT2D eigenvalue weighted by atomic mass is 16.5. The van der Waals surface area contributed by atoms with Crippen molar-refractivity contribution < 1.29 is 9.15 Å². The van der Waals surface area contributed by atoms with E-state index in [0.29, 0.717) is 17.7 Å². The second-order valence-electron chi connectivity index (χ2n) is 5.83. The minimum Gasteiger partial charge on any atom is -0.494 e. The van der Waals surface area contributed by atoms with Crippen molar-refractivity contribution in [3.63, 3.8) is 0 Å². The number of ether oxygens (including phenoxy) is 1. The Balaban J connectivity index is 1.69. The molecule has 0 amide bonds. The average Bonchev–Trinajstić information content (AvgIpc) is 3.06. The van der Waals surface area contributed by atoms with Crippen molar-refractivity contribution in [3.8, 4) is 28.7 Å². The van der Waals surface area contributed by atoms with Gasteiger partial charge in [-0.1, -0.05) is 32.0 Å². The maximum Gasteiger partial charge on any atom is 0.248 e. The van der Waals surface area contributed by atoms with Gasteiger partial charge in [-0.15, -0.1) is 10.2 Å². The summed E-state index contributed by atoms with van der Waals surface area (Å²) in [6.07, 6.45) is 1.05. The molecule has 23 heavy (non-hydrogen) atoms. The zero-order valence-electron chi connectivity index (χ0n) is 13.4. The van der Waals surface area contributed by atoms with E-state index < -0.39 is 0 Å². The third-order valence-corrected chi connectivity index (χ3v) is 3.51. The van der Waals surface area contributed by atoms with Crippen molar-refractivity contribution in [1.29, 1.82) is 0 Å². The molecule has 0 radical (unpaired) electrons. The van der Waals surface area contributed by atoms with E-state index in [9.17, 15) is 0 Å². The predicted molar refractivity (Wildman–Crippen MR) is 90.1 cm³/mol. The fourth-order valence-electron chi connectivity index (χ4n) is 2.14. The summed E-state index contributed by atoms with van der Waals surface area (Å²) in [5.74, 6) is 2.54. The highest BCUT2D eigenvalue weighted by Crippen LogP contribution is 2.25. The van der Waals surface area contributed by atoms with Gasteiger partial charge in [-0.05, 0) is 48.7 Å². The molecule has 4 nitrogen and oxygen atoms in total. The minimum absolute atomic E-state index is 0.512. The second-order valence-corrected chi connectivity index (χ2v) is 5.83. The molecule has 0 aliphatic heterocycles. The molecule has 2 aromatic carbocycles. The first kappa shape index (κ1) is 15.3. The van der Waals surface area contributed by atoms with E-state index in [2.05, 4.69) is 24.0 Å². The van der Waals surface area contributed by atoms with Gasteiger partial charge in [0.25, 0.3) is 0 Å². The molecule has 1 heterocycles.